The Balaban J connectivity index is 1.52. The molecule has 1 aliphatic carbocycles. The van der Waals surface area contributed by atoms with Crippen LogP contribution >= 0.6 is 0 Å². The van der Waals surface area contributed by atoms with Gasteiger partial charge in [-0.1, -0.05) is 44.7 Å². The minimum absolute atomic E-state index is 0.0105. The van der Waals surface area contributed by atoms with Crippen LogP contribution in [0.4, 0.5) is 0 Å². The second-order valence-electron chi connectivity index (χ2n) is 10.7. The zero-order valence-corrected chi connectivity index (χ0v) is 21.2. The summed E-state index contributed by atoms with van der Waals surface area (Å²) >= 11 is 0. The summed E-state index contributed by atoms with van der Waals surface area (Å²) in [5.74, 6) is 1.17. The maximum atomic E-state index is 13.2. The molecular formula is C27H38N6O2. The summed E-state index contributed by atoms with van der Waals surface area (Å²) in [4.78, 5) is 18.8. The molecule has 1 aromatic carbocycles. The monoisotopic (exact) mass is 478 g/mol. The number of tetrazole rings is 1. The SMILES string of the molecule is Cc1ccc2[nH]c(=O)c(CN(C3CCCCC3)[C@H](c3nnnn3C[C@H]3CCCO3)C(C)C)cc2c1. The maximum Gasteiger partial charge on any atom is 0.252 e. The predicted octanol–water partition coefficient (Wildman–Crippen LogP) is 4.53. The standard InChI is InChI=1S/C27H38N6O2/c1-18(2)25(26-29-30-31-33(26)17-23-10-7-13-35-23)32(22-8-5-4-6-9-22)16-21-15-20-14-19(3)11-12-24(20)28-27(21)34/h11-12,14-15,18,22-23,25H,4-10,13,16-17H2,1-3H3,(H,28,34)/t23-,25+/m1/s1. The molecule has 0 unspecified atom stereocenters. The van der Waals surface area contributed by atoms with Crippen LogP contribution in [0.1, 0.15) is 81.8 Å². The first-order chi connectivity index (χ1) is 17.0. The van der Waals surface area contributed by atoms with Gasteiger partial charge in [-0.25, -0.2) is 4.68 Å². The molecule has 3 aromatic rings. The molecule has 0 bridgehead atoms. The third kappa shape index (κ3) is 5.33. The molecule has 2 aromatic heterocycles. The van der Waals surface area contributed by atoms with E-state index in [0.29, 0.717) is 19.1 Å². The summed E-state index contributed by atoms with van der Waals surface area (Å²) in [6.45, 7) is 8.63. The van der Waals surface area contributed by atoms with E-state index in [2.05, 4.69) is 58.3 Å². The highest BCUT2D eigenvalue weighted by Gasteiger charge is 2.35. The Labute approximate surface area is 207 Å². The minimum Gasteiger partial charge on any atom is -0.376 e. The molecule has 1 saturated heterocycles. The second kappa shape index (κ2) is 10.6. The lowest BCUT2D eigenvalue weighted by atomic mass is 9.90. The first-order valence-corrected chi connectivity index (χ1v) is 13.3. The van der Waals surface area contributed by atoms with E-state index in [4.69, 9.17) is 4.74 Å². The van der Waals surface area contributed by atoms with Crippen LogP contribution in [0.2, 0.25) is 0 Å². The third-order valence-corrected chi connectivity index (χ3v) is 7.69. The Morgan fingerprint density at radius 3 is 2.71 bits per heavy atom. The van der Waals surface area contributed by atoms with Crippen LogP contribution in [0.5, 0.6) is 0 Å². The van der Waals surface area contributed by atoms with Gasteiger partial charge in [-0.2, -0.15) is 0 Å². The van der Waals surface area contributed by atoms with Crippen molar-refractivity contribution in [1.29, 1.82) is 0 Å². The van der Waals surface area contributed by atoms with E-state index < -0.39 is 0 Å². The lowest BCUT2D eigenvalue weighted by molar-refractivity contribution is 0.0553. The molecule has 2 aliphatic rings. The number of fused-ring (bicyclic) bond motifs is 1. The van der Waals surface area contributed by atoms with Gasteiger partial charge in [-0.3, -0.25) is 9.69 Å². The largest absolute Gasteiger partial charge is 0.376 e. The smallest absolute Gasteiger partial charge is 0.252 e. The van der Waals surface area contributed by atoms with Crippen LogP contribution in [0, 0.1) is 12.8 Å². The number of aryl methyl sites for hydroxylation is 1. The number of aromatic amines is 1. The number of ether oxygens (including phenoxy) is 1. The zero-order chi connectivity index (χ0) is 24.4. The van der Waals surface area contributed by atoms with Crippen LogP contribution in [-0.4, -0.2) is 48.8 Å². The number of rotatable bonds is 8. The predicted molar refractivity (Wildman–Crippen MR) is 136 cm³/mol. The lowest BCUT2D eigenvalue weighted by Gasteiger charge is -2.41. The molecule has 5 rings (SSSR count). The Hall–Kier alpha value is -2.58. The van der Waals surface area contributed by atoms with E-state index in [9.17, 15) is 4.79 Å². The van der Waals surface area contributed by atoms with E-state index in [1.165, 1.54) is 24.8 Å². The summed E-state index contributed by atoms with van der Waals surface area (Å²) in [5.41, 5.74) is 2.86. The van der Waals surface area contributed by atoms with Gasteiger partial charge >= 0.3 is 0 Å². The van der Waals surface area contributed by atoms with Crippen LogP contribution in [0.25, 0.3) is 10.9 Å². The first kappa shape index (κ1) is 24.1. The molecule has 2 fully saturated rings. The number of hydrogen-bond acceptors (Lipinski definition) is 6. The second-order valence-corrected chi connectivity index (χ2v) is 10.7. The van der Waals surface area contributed by atoms with Crippen molar-refractivity contribution in [2.45, 2.75) is 97.0 Å². The molecule has 0 radical (unpaired) electrons. The molecule has 188 valence electrons. The van der Waals surface area contributed by atoms with Crippen molar-refractivity contribution in [2.24, 2.45) is 5.92 Å². The van der Waals surface area contributed by atoms with Gasteiger partial charge in [0.1, 0.15) is 0 Å². The van der Waals surface area contributed by atoms with Gasteiger partial charge in [0.15, 0.2) is 5.82 Å². The summed E-state index contributed by atoms with van der Waals surface area (Å²) < 4.78 is 7.83. The number of nitrogens with one attached hydrogen (secondary N) is 1. The summed E-state index contributed by atoms with van der Waals surface area (Å²) in [6.07, 6.45) is 8.31. The molecule has 1 saturated carbocycles. The van der Waals surface area contributed by atoms with Crippen molar-refractivity contribution in [3.63, 3.8) is 0 Å². The van der Waals surface area contributed by atoms with Crippen LogP contribution in [-0.2, 0) is 17.8 Å². The average molecular weight is 479 g/mol. The number of aromatic nitrogens is 5. The fraction of sp³-hybridized carbons (Fsp3) is 0.630. The van der Waals surface area contributed by atoms with Gasteiger partial charge in [-0.05, 0) is 72.5 Å². The number of hydrogen-bond donors (Lipinski definition) is 1. The topological polar surface area (TPSA) is 88.9 Å². The van der Waals surface area contributed by atoms with E-state index in [0.717, 1.165) is 54.6 Å². The van der Waals surface area contributed by atoms with Gasteiger partial charge in [0, 0.05) is 30.3 Å². The van der Waals surface area contributed by atoms with E-state index in [1.54, 1.807) is 0 Å². The Bertz CT molecular complexity index is 1190. The molecule has 8 nitrogen and oxygen atoms in total. The Morgan fingerprint density at radius 2 is 1.97 bits per heavy atom. The van der Waals surface area contributed by atoms with Gasteiger partial charge < -0.3 is 9.72 Å². The van der Waals surface area contributed by atoms with E-state index >= 15 is 0 Å². The Kier molecular flexibility index (Phi) is 7.29. The van der Waals surface area contributed by atoms with Gasteiger partial charge in [-0.15, -0.1) is 5.10 Å². The third-order valence-electron chi connectivity index (χ3n) is 7.69. The highest BCUT2D eigenvalue weighted by atomic mass is 16.5. The fourth-order valence-electron chi connectivity index (χ4n) is 5.92. The molecular weight excluding hydrogens is 440 g/mol. The van der Waals surface area contributed by atoms with Gasteiger partial charge in [0.05, 0.1) is 18.7 Å². The molecule has 2 atom stereocenters. The molecule has 35 heavy (non-hydrogen) atoms. The maximum absolute atomic E-state index is 13.2. The first-order valence-electron chi connectivity index (χ1n) is 13.3. The fourth-order valence-corrected chi connectivity index (χ4v) is 5.92. The summed E-state index contributed by atoms with van der Waals surface area (Å²) in [5, 5.41) is 14.1. The van der Waals surface area contributed by atoms with Crippen molar-refractivity contribution in [3.8, 4) is 0 Å². The quantitative estimate of drug-likeness (QED) is 0.512. The lowest BCUT2D eigenvalue weighted by Crippen LogP contribution is -2.43. The highest BCUT2D eigenvalue weighted by molar-refractivity contribution is 5.79. The summed E-state index contributed by atoms with van der Waals surface area (Å²) in [6, 6.07) is 8.66. The normalized spacial score (nSPS) is 20.3. The van der Waals surface area contributed by atoms with Gasteiger partial charge in [0.2, 0.25) is 0 Å². The number of pyridine rings is 1. The molecule has 1 N–H and O–H groups in total. The van der Waals surface area contributed by atoms with Crippen molar-refractivity contribution >= 4 is 10.9 Å². The minimum atomic E-state index is -0.0105. The van der Waals surface area contributed by atoms with Crippen molar-refractivity contribution in [3.05, 3.63) is 51.6 Å². The van der Waals surface area contributed by atoms with Crippen LogP contribution in [0.3, 0.4) is 0 Å². The number of benzene rings is 1. The van der Waals surface area contributed by atoms with Crippen molar-refractivity contribution < 1.29 is 4.74 Å². The zero-order valence-electron chi connectivity index (χ0n) is 21.2. The molecule has 3 heterocycles. The Morgan fingerprint density at radius 1 is 1.14 bits per heavy atom. The van der Waals surface area contributed by atoms with Crippen LogP contribution < -0.4 is 5.56 Å². The van der Waals surface area contributed by atoms with Crippen LogP contribution in [0.15, 0.2) is 29.1 Å². The number of H-pyrrole nitrogens is 1. The number of nitrogens with zero attached hydrogens (tertiary/aromatic N) is 5. The molecule has 0 amide bonds. The summed E-state index contributed by atoms with van der Waals surface area (Å²) in [7, 11) is 0. The van der Waals surface area contributed by atoms with Crippen molar-refractivity contribution in [2.75, 3.05) is 6.61 Å². The molecule has 8 heteroatoms. The molecule has 0 spiro atoms. The van der Waals surface area contributed by atoms with Gasteiger partial charge in [0.25, 0.3) is 5.56 Å². The van der Waals surface area contributed by atoms with E-state index in [-0.39, 0.29) is 23.6 Å². The molecule has 1 aliphatic heterocycles. The van der Waals surface area contributed by atoms with Crippen molar-refractivity contribution in [1.82, 2.24) is 30.1 Å². The average Bonchev–Trinajstić information content (AvgIpc) is 3.52. The van der Waals surface area contributed by atoms with E-state index in [1.807, 2.05) is 16.8 Å². The highest BCUT2D eigenvalue weighted by Crippen LogP contribution is 2.35.